The molecule has 0 amide bonds. The van der Waals surface area contributed by atoms with Crippen LogP contribution in [0.3, 0.4) is 0 Å². The van der Waals surface area contributed by atoms with Gasteiger partial charge in [-0.2, -0.15) is 0 Å². The highest BCUT2D eigenvalue weighted by Crippen LogP contribution is 2.44. The summed E-state index contributed by atoms with van der Waals surface area (Å²) in [6, 6.07) is 3.63. The Kier molecular flexibility index (Phi) is 2.38. The van der Waals surface area contributed by atoms with Gasteiger partial charge in [-0.25, -0.2) is 13.4 Å². The minimum Gasteiger partial charge on any atom is -0.366 e. The first-order valence-corrected chi connectivity index (χ1v) is 7.59. The zero-order valence-electron chi connectivity index (χ0n) is 9.55. The van der Waals surface area contributed by atoms with Gasteiger partial charge in [-0.3, -0.25) is 0 Å². The molecule has 0 aromatic carbocycles. The molecule has 92 valence electrons. The van der Waals surface area contributed by atoms with Crippen molar-refractivity contribution in [2.24, 2.45) is 11.8 Å². The van der Waals surface area contributed by atoms with Gasteiger partial charge in [0, 0.05) is 31.6 Å². The third-order valence-corrected chi connectivity index (χ3v) is 4.69. The summed E-state index contributed by atoms with van der Waals surface area (Å²) in [6.07, 6.45) is 2.83. The molecule has 6 heteroatoms. The Bertz CT molecular complexity index is 533. The quantitative estimate of drug-likeness (QED) is 0.800. The largest absolute Gasteiger partial charge is 0.366 e. The van der Waals surface area contributed by atoms with E-state index in [9.17, 15) is 8.42 Å². The molecule has 2 unspecified atom stereocenters. The highest BCUT2D eigenvalue weighted by molar-refractivity contribution is 7.90. The molecule has 3 rings (SSSR count). The fourth-order valence-corrected chi connectivity index (χ4v) is 3.38. The molecule has 1 aliphatic carbocycles. The summed E-state index contributed by atoms with van der Waals surface area (Å²) in [5.41, 5.74) is 0. The average Bonchev–Trinajstić information content (AvgIpc) is 2.74. The maximum atomic E-state index is 11.6. The van der Waals surface area contributed by atoms with E-state index in [2.05, 4.69) is 15.6 Å². The van der Waals surface area contributed by atoms with Crippen molar-refractivity contribution in [3.05, 3.63) is 18.3 Å². The molecule has 1 saturated carbocycles. The van der Waals surface area contributed by atoms with Gasteiger partial charge in [0.05, 0.1) is 0 Å². The maximum absolute atomic E-state index is 11.6. The van der Waals surface area contributed by atoms with Gasteiger partial charge in [-0.1, -0.05) is 0 Å². The number of fused-ring (bicyclic) bond motifs is 1. The Morgan fingerprint density at radius 3 is 2.76 bits per heavy atom. The first kappa shape index (κ1) is 11.0. The first-order chi connectivity index (χ1) is 8.07. The molecule has 17 heavy (non-hydrogen) atoms. The normalized spacial score (nSPS) is 31.0. The lowest BCUT2D eigenvalue weighted by Crippen LogP contribution is -2.22. The van der Waals surface area contributed by atoms with Crippen LogP contribution in [-0.2, 0) is 9.84 Å². The monoisotopic (exact) mass is 253 g/mol. The maximum Gasteiger partial charge on any atom is 0.179 e. The molecule has 0 spiro atoms. The molecule has 2 N–H and O–H groups in total. The van der Waals surface area contributed by atoms with Crippen LogP contribution < -0.4 is 10.6 Å². The number of anilines is 1. The Morgan fingerprint density at radius 1 is 1.41 bits per heavy atom. The van der Waals surface area contributed by atoms with E-state index in [0.717, 1.165) is 13.1 Å². The van der Waals surface area contributed by atoms with Crippen LogP contribution in [0.2, 0.25) is 0 Å². The van der Waals surface area contributed by atoms with Crippen molar-refractivity contribution in [3.63, 3.8) is 0 Å². The van der Waals surface area contributed by atoms with Gasteiger partial charge in [0.2, 0.25) is 0 Å². The minimum absolute atomic E-state index is 0.290. The lowest BCUT2D eigenvalue weighted by molar-refractivity contribution is 0.601. The van der Waals surface area contributed by atoms with E-state index < -0.39 is 9.84 Å². The number of pyridine rings is 1. The minimum atomic E-state index is -3.22. The van der Waals surface area contributed by atoms with Crippen molar-refractivity contribution in [1.29, 1.82) is 0 Å². The van der Waals surface area contributed by atoms with E-state index in [0.29, 0.717) is 23.7 Å². The van der Waals surface area contributed by atoms with Crippen molar-refractivity contribution in [1.82, 2.24) is 10.3 Å². The molecule has 2 fully saturated rings. The summed E-state index contributed by atoms with van der Waals surface area (Å²) in [6.45, 7) is 2.03. The van der Waals surface area contributed by atoms with E-state index in [1.54, 1.807) is 18.3 Å². The number of piperidine rings is 1. The van der Waals surface area contributed by atoms with Crippen molar-refractivity contribution in [2.75, 3.05) is 24.7 Å². The van der Waals surface area contributed by atoms with Crippen LogP contribution in [0.15, 0.2) is 23.2 Å². The number of nitrogens with one attached hydrogen (secondary N) is 2. The van der Waals surface area contributed by atoms with E-state index in [1.165, 1.54) is 6.26 Å². The number of nitrogens with zero attached hydrogens (tertiary/aromatic N) is 1. The fourth-order valence-electron chi connectivity index (χ4n) is 2.59. The summed E-state index contributed by atoms with van der Waals surface area (Å²) < 4.78 is 23.2. The Balaban J connectivity index is 1.84. The molecule has 1 aliphatic heterocycles. The van der Waals surface area contributed by atoms with Crippen molar-refractivity contribution in [2.45, 2.75) is 10.9 Å². The summed E-state index contributed by atoms with van der Waals surface area (Å²) in [7, 11) is -3.22. The Morgan fingerprint density at radius 2 is 2.12 bits per heavy atom. The van der Waals surface area contributed by atoms with Crippen LogP contribution in [0.4, 0.5) is 5.82 Å². The highest BCUT2D eigenvalue weighted by atomic mass is 32.2. The smallest absolute Gasteiger partial charge is 0.179 e. The van der Waals surface area contributed by atoms with Crippen LogP contribution >= 0.6 is 0 Å². The lowest BCUT2D eigenvalue weighted by atomic mass is 10.4. The van der Waals surface area contributed by atoms with Crippen LogP contribution in [0.25, 0.3) is 0 Å². The van der Waals surface area contributed by atoms with E-state index in [1.807, 2.05) is 0 Å². The molecule has 1 saturated heterocycles. The molecule has 2 aliphatic rings. The highest BCUT2D eigenvalue weighted by Gasteiger charge is 2.53. The Labute approximate surface area is 101 Å². The average molecular weight is 253 g/mol. The standard InChI is InChI=1S/C11H15N3O2S/c1-17(15,16)9-3-2-4-13-11(9)14-10-7-5-12-6-8(7)10/h2-4,7-8,10,12H,5-6H2,1H3,(H,13,14). The second-order valence-electron chi connectivity index (χ2n) is 4.78. The third kappa shape index (κ3) is 1.91. The van der Waals surface area contributed by atoms with Gasteiger partial charge in [0.15, 0.2) is 9.84 Å². The Hall–Kier alpha value is -1.14. The zero-order chi connectivity index (χ0) is 12.0. The molecule has 0 radical (unpaired) electrons. The van der Waals surface area contributed by atoms with Crippen LogP contribution in [0.5, 0.6) is 0 Å². The van der Waals surface area contributed by atoms with Gasteiger partial charge >= 0.3 is 0 Å². The summed E-state index contributed by atoms with van der Waals surface area (Å²) in [5.74, 6) is 1.75. The molecule has 1 aromatic heterocycles. The fraction of sp³-hybridized carbons (Fsp3) is 0.545. The number of rotatable bonds is 3. The number of hydrogen-bond donors (Lipinski definition) is 2. The van der Waals surface area contributed by atoms with Crippen LogP contribution in [-0.4, -0.2) is 38.8 Å². The third-order valence-electron chi connectivity index (χ3n) is 3.57. The predicted molar refractivity (Wildman–Crippen MR) is 64.6 cm³/mol. The zero-order valence-corrected chi connectivity index (χ0v) is 10.4. The SMILES string of the molecule is CS(=O)(=O)c1cccnc1NC1C2CNCC21. The van der Waals surface area contributed by atoms with Crippen molar-refractivity contribution in [3.8, 4) is 0 Å². The second kappa shape index (κ2) is 3.68. The van der Waals surface area contributed by atoms with E-state index in [-0.39, 0.29) is 4.90 Å². The second-order valence-corrected chi connectivity index (χ2v) is 6.76. The number of sulfone groups is 1. The van der Waals surface area contributed by atoms with Crippen LogP contribution in [0.1, 0.15) is 0 Å². The molecule has 5 nitrogen and oxygen atoms in total. The first-order valence-electron chi connectivity index (χ1n) is 5.70. The summed E-state index contributed by atoms with van der Waals surface area (Å²) in [4.78, 5) is 4.43. The van der Waals surface area contributed by atoms with Gasteiger partial charge in [0.1, 0.15) is 10.7 Å². The topological polar surface area (TPSA) is 71.1 Å². The molecular formula is C11H15N3O2S. The molecule has 1 aromatic rings. The predicted octanol–water partition coefficient (Wildman–Crippen LogP) is 0.115. The molecular weight excluding hydrogens is 238 g/mol. The lowest BCUT2D eigenvalue weighted by Gasteiger charge is -2.11. The number of hydrogen-bond acceptors (Lipinski definition) is 5. The molecule has 2 heterocycles. The van der Waals surface area contributed by atoms with Gasteiger partial charge in [-0.15, -0.1) is 0 Å². The van der Waals surface area contributed by atoms with Crippen molar-refractivity contribution >= 4 is 15.7 Å². The van der Waals surface area contributed by atoms with Crippen LogP contribution in [0, 0.1) is 11.8 Å². The molecule has 2 atom stereocenters. The van der Waals surface area contributed by atoms with Gasteiger partial charge < -0.3 is 10.6 Å². The van der Waals surface area contributed by atoms with E-state index >= 15 is 0 Å². The summed E-state index contributed by atoms with van der Waals surface area (Å²) in [5, 5.41) is 6.57. The molecule has 0 bridgehead atoms. The summed E-state index contributed by atoms with van der Waals surface area (Å²) >= 11 is 0. The number of aromatic nitrogens is 1. The van der Waals surface area contributed by atoms with E-state index in [4.69, 9.17) is 0 Å². The van der Waals surface area contributed by atoms with Gasteiger partial charge in [0.25, 0.3) is 0 Å². The van der Waals surface area contributed by atoms with Crippen molar-refractivity contribution < 1.29 is 8.42 Å². The van der Waals surface area contributed by atoms with Gasteiger partial charge in [-0.05, 0) is 24.0 Å².